The number of nitrogens with zero attached hydrogens (tertiary/aromatic N) is 4. The van der Waals surface area contributed by atoms with Gasteiger partial charge in [0.1, 0.15) is 0 Å². The monoisotopic (exact) mass is 332 g/mol. The second-order valence-corrected chi connectivity index (χ2v) is 7.47. The third kappa shape index (κ3) is 3.20. The van der Waals surface area contributed by atoms with E-state index in [0.717, 1.165) is 38.9 Å². The summed E-state index contributed by atoms with van der Waals surface area (Å²) in [7, 11) is 5.53. The molecule has 6 heteroatoms. The molecular weight excluding hydrogens is 304 g/mol. The Hall–Kier alpha value is -1.82. The number of amides is 2. The molecule has 0 bridgehead atoms. The molecule has 1 aromatic rings. The van der Waals surface area contributed by atoms with Gasteiger partial charge in [-0.25, -0.2) is 0 Å². The van der Waals surface area contributed by atoms with Gasteiger partial charge in [-0.15, -0.1) is 0 Å². The standard InChI is InChI=1S/C18H28N4O2/c1-19(2)16(23)13-22-11-8-18(17(22)24)7-5-10-21(14-18)12-15-6-4-9-20(15)3/h4,6,9H,5,7-8,10-14H2,1-3H3/t18-/m0/s1. The van der Waals surface area contributed by atoms with E-state index in [9.17, 15) is 9.59 Å². The molecule has 0 aromatic carbocycles. The van der Waals surface area contributed by atoms with Gasteiger partial charge in [-0.1, -0.05) is 0 Å². The molecule has 2 amide bonds. The number of likely N-dealkylation sites (N-methyl/N-ethyl adjacent to an activating group) is 1. The number of likely N-dealkylation sites (tertiary alicyclic amines) is 2. The zero-order chi connectivity index (χ0) is 17.3. The van der Waals surface area contributed by atoms with Crippen LogP contribution in [0.1, 0.15) is 25.0 Å². The Morgan fingerprint density at radius 2 is 2.08 bits per heavy atom. The molecule has 2 saturated heterocycles. The van der Waals surface area contributed by atoms with Crippen molar-refractivity contribution in [2.45, 2.75) is 25.8 Å². The minimum absolute atomic E-state index is 0.00289. The van der Waals surface area contributed by atoms with E-state index >= 15 is 0 Å². The molecule has 0 N–H and O–H groups in total. The second-order valence-electron chi connectivity index (χ2n) is 7.47. The molecule has 0 aliphatic carbocycles. The van der Waals surface area contributed by atoms with Gasteiger partial charge in [-0.2, -0.15) is 0 Å². The van der Waals surface area contributed by atoms with Gasteiger partial charge >= 0.3 is 0 Å². The van der Waals surface area contributed by atoms with E-state index in [0.29, 0.717) is 6.54 Å². The van der Waals surface area contributed by atoms with Crippen LogP contribution in [0.3, 0.4) is 0 Å². The molecule has 132 valence electrons. The zero-order valence-electron chi connectivity index (χ0n) is 15.0. The fourth-order valence-corrected chi connectivity index (χ4v) is 3.98. The average molecular weight is 332 g/mol. The predicted octanol–water partition coefficient (Wildman–Crippen LogP) is 0.928. The first-order valence-electron chi connectivity index (χ1n) is 8.73. The molecule has 3 heterocycles. The molecule has 24 heavy (non-hydrogen) atoms. The third-order valence-corrected chi connectivity index (χ3v) is 5.52. The first-order valence-corrected chi connectivity index (χ1v) is 8.73. The van der Waals surface area contributed by atoms with Crippen molar-refractivity contribution in [2.24, 2.45) is 12.5 Å². The van der Waals surface area contributed by atoms with Gasteiger partial charge in [-0.3, -0.25) is 14.5 Å². The number of aryl methyl sites for hydroxylation is 1. The Morgan fingerprint density at radius 1 is 1.29 bits per heavy atom. The Morgan fingerprint density at radius 3 is 2.75 bits per heavy atom. The highest BCUT2D eigenvalue weighted by Gasteiger charge is 2.49. The number of carbonyl (C=O) groups is 2. The van der Waals surface area contributed by atoms with Crippen molar-refractivity contribution < 1.29 is 9.59 Å². The number of aromatic nitrogens is 1. The Labute approximate surface area is 144 Å². The van der Waals surface area contributed by atoms with Gasteiger partial charge < -0.3 is 14.4 Å². The van der Waals surface area contributed by atoms with E-state index in [4.69, 9.17) is 0 Å². The number of hydrogen-bond acceptors (Lipinski definition) is 3. The minimum atomic E-state index is -0.282. The summed E-state index contributed by atoms with van der Waals surface area (Å²) >= 11 is 0. The van der Waals surface area contributed by atoms with Crippen LogP contribution in [0.4, 0.5) is 0 Å². The number of carbonyl (C=O) groups excluding carboxylic acids is 2. The normalized spacial score (nSPS) is 24.8. The molecule has 2 aliphatic rings. The highest BCUT2D eigenvalue weighted by Crippen LogP contribution is 2.40. The van der Waals surface area contributed by atoms with E-state index < -0.39 is 0 Å². The van der Waals surface area contributed by atoms with Crippen molar-refractivity contribution in [3.63, 3.8) is 0 Å². The van der Waals surface area contributed by atoms with Gasteiger partial charge in [0.25, 0.3) is 0 Å². The van der Waals surface area contributed by atoms with Crippen LogP contribution in [0.2, 0.25) is 0 Å². The smallest absolute Gasteiger partial charge is 0.241 e. The highest BCUT2D eigenvalue weighted by molar-refractivity contribution is 5.89. The maximum Gasteiger partial charge on any atom is 0.241 e. The molecule has 0 saturated carbocycles. The van der Waals surface area contributed by atoms with E-state index in [1.807, 2.05) is 0 Å². The van der Waals surface area contributed by atoms with Crippen molar-refractivity contribution in [3.05, 3.63) is 24.0 Å². The summed E-state index contributed by atoms with van der Waals surface area (Å²) in [6.45, 7) is 3.65. The van der Waals surface area contributed by atoms with Gasteiger partial charge in [0.2, 0.25) is 11.8 Å². The summed E-state index contributed by atoms with van der Waals surface area (Å²) in [4.78, 5) is 30.6. The summed E-state index contributed by atoms with van der Waals surface area (Å²) in [6.07, 6.45) is 4.92. The molecule has 1 spiro atoms. The van der Waals surface area contributed by atoms with Crippen LogP contribution in [0.5, 0.6) is 0 Å². The highest BCUT2D eigenvalue weighted by atomic mass is 16.2. The quantitative estimate of drug-likeness (QED) is 0.824. The van der Waals surface area contributed by atoms with E-state index in [1.54, 1.807) is 23.9 Å². The van der Waals surface area contributed by atoms with Gasteiger partial charge in [0.05, 0.1) is 12.0 Å². The van der Waals surface area contributed by atoms with E-state index in [1.165, 1.54) is 5.69 Å². The maximum absolute atomic E-state index is 13.0. The molecule has 1 aromatic heterocycles. The van der Waals surface area contributed by atoms with Crippen molar-refractivity contribution >= 4 is 11.8 Å². The molecule has 0 radical (unpaired) electrons. The van der Waals surface area contributed by atoms with Crippen LogP contribution in [0.25, 0.3) is 0 Å². The lowest BCUT2D eigenvalue weighted by molar-refractivity contribution is -0.143. The lowest BCUT2D eigenvalue weighted by atomic mass is 9.78. The number of piperidine rings is 1. The summed E-state index contributed by atoms with van der Waals surface area (Å²) in [5.41, 5.74) is 0.993. The number of hydrogen-bond donors (Lipinski definition) is 0. The van der Waals surface area contributed by atoms with Crippen molar-refractivity contribution in [1.82, 2.24) is 19.3 Å². The Kier molecular flexibility index (Phi) is 4.67. The SMILES string of the molecule is CN(C)C(=O)CN1CC[C@]2(CCCN(Cc3cccn3C)C2)C1=O. The lowest BCUT2D eigenvalue weighted by Crippen LogP contribution is -2.48. The Bertz CT molecular complexity index is 624. The molecule has 0 unspecified atom stereocenters. The third-order valence-electron chi connectivity index (χ3n) is 5.52. The summed E-state index contributed by atoms with van der Waals surface area (Å²) < 4.78 is 2.14. The van der Waals surface area contributed by atoms with Gasteiger partial charge in [0.15, 0.2) is 0 Å². The van der Waals surface area contributed by atoms with Crippen LogP contribution < -0.4 is 0 Å². The van der Waals surface area contributed by atoms with E-state index in [-0.39, 0.29) is 23.8 Å². The molecular formula is C18H28N4O2. The van der Waals surface area contributed by atoms with Crippen LogP contribution in [-0.4, -0.2) is 71.4 Å². The lowest BCUT2D eigenvalue weighted by Gasteiger charge is -2.39. The fraction of sp³-hybridized carbons (Fsp3) is 0.667. The summed E-state index contributed by atoms with van der Waals surface area (Å²) in [6, 6.07) is 4.20. The molecule has 3 rings (SSSR count). The van der Waals surface area contributed by atoms with Crippen LogP contribution in [-0.2, 0) is 23.2 Å². The molecule has 6 nitrogen and oxygen atoms in total. The second kappa shape index (κ2) is 6.59. The largest absolute Gasteiger partial charge is 0.353 e. The molecule has 1 atom stereocenters. The van der Waals surface area contributed by atoms with Crippen molar-refractivity contribution in [3.8, 4) is 0 Å². The van der Waals surface area contributed by atoms with Crippen LogP contribution in [0.15, 0.2) is 18.3 Å². The first-order chi connectivity index (χ1) is 11.4. The Balaban J connectivity index is 1.66. The van der Waals surface area contributed by atoms with E-state index in [2.05, 4.69) is 34.8 Å². The molecule has 2 fully saturated rings. The first kappa shape index (κ1) is 17.0. The van der Waals surface area contributed by atoms with Gasteiger partial charge in [-0.05, 0) is 37.9 Å². The zero-order valence-corrected chi connectivity index (χ0v) is 15.0. The molecule has 2 aliphatic heterocycles. The fourth-order valence-electron chi connectivity index (χ4n) is 3.98. The summed E-state index contributed by atoms with van der Waals surface area (Å²) in [5.74, 6) is 0.172. The predicted molar refractivity (Wildman–Crippen MR) is 92.2 cm³/mol. The topological polar surface area (TPSA) is 48.8 Å². The van der Waals surface area contributed by atoms with Gasteiger partial charge in [0, 0.05) is 52.7 Å². The summed E-state index contributed by atoms with van der Waals surface area (Å²) in [5, 5.41) is 0. The van der Waals surface area contributed by atoms with Crippen LogP contribution >= 0.6 is 0 Å². The minimum Gasteiger partial charge on any atom is -0.353 e. The van der Waals surface area contributed by atoms with Crippen molar-refractivity contribution in [1.29, 1.82) is 0 Å². The average Bonchev–Trinajstić information content (AvgIpc) is 3.07. The maximum atomic E-state index is 13.0. The number of rotatable bonds is 4. The van der Waals surface area contributed by atoms with Crippen LogP contribution in [0, 0.1) is 5.41 Å². The van der Waals surface area contributed by atoms with Crippen molar-refractivity contribution in [2.75, 3.05) is 40.3 Å².